The van der Waals surface area contributed by atoms with Gasteiger partial charge in [-0.25, -0.2) is 0 Å². The zero-order chi connectivity index (χ0) is 12.3. The first kappa shape index (κ1) is 12.5. The summed E-state index contributed by atoms with van der Waals surface area (Å²) in [5, 5.41) is 3.82. The Kier molecular flexibility index (Phi) is 4.09. The Bertz CT molecular complexity index is 370. The van der Waals surface area contributed by atoms with Crippen LogP contribution < -0.4 is 5.32 Å². The first-order chi connectivity index (χ1) is 8.22. The minimum Gasteiger partial charge on any atom is -0.382 e. The van der Waals surface area contributed by atoms with Crippen LogP contribution in [0.3, 0.4) is 0 Å². The van der Waals surface area contributed by atoms with Crippen LogP contribution in [0.25, 0.3) is 0 Å². The standard InChI is InChI=1S/C16H25N/c1-4-14-10-7-9-13(3)16(14)17-15-11-6-5-8-12(15)2/h7,9-10,12,15,17H,4-6,8,11H2,1-3H3. The highest BCUT2D eigenvalue weighted by Crippen LogP contribution is 2.29. The molecule has 0 radical (unpaired) electrons. The topological polar surface area (TPSA) is 12.0 Å². The fourth-order valence-electron chi connectivity index (χ4n) is 2.95. The second-order valence-corrected chi connectivity index (χ2v) is 5.48. The Hall–Kier alpha value is -0.980. The molecule has 2 rings (SSSR count). The molecular formula is C16H25N. The maximum absolute atomic E-state index is 3.82. The van der Waals surface area contributed by atoms with E-state index < -0.39 is 0 Å². The number of aryl methyl sites for hydroxylation is 2. The highest BCUT2D eigenvalue weighted by Gasteiger charge is 2.21. The minimum absolute atomic E-state index is 0.676. The fourth-order valence-corrected chi connectivity index (χ4v) is 2.95. The van der Waals surface area contributed by atoms with Crippen molar-refractivity contribution in [3.8, 4) is 0 Å². The summed E-state index contributed by atoms with van der Waals surface area (Å²) < 4.78 is 0. The third-order valence-corrected chi connectivity index (χ3v) is 4.18. The molecule has 0 aromatic heterocycles. The molecule has 2 atom stereocenters. The highest BCUT2D eigenvalue weighted by molar-refractivity contribution is 5.57. The molecule has 1 fully saturated rings. The van der Waals surface area contributed by atoms with Gasteiger partial charge in [-0.15, -0.1) is 0 Å². The first-order valence-corrected chi connectivity index (χ1v) is 7.07. The average molecular weight is 231 g/mol. The first-order valence-electron chi connectivity index (χ1n) is 7.07. The molecule has 1 nitrogen and oxygen atoms in total. The van der Waals surface area contributed by atoms with Gasteiger partial charge < -0.3 is 5.32 Å². The van der Waals surface area contributed by atoms with E-state index in [0.717, 1.165) is 12.3 Å². The quantitative estimate of drug-likeness (QED) is 0.805. The van der Waals surface area contributed by atoms with E-state index in [1.807, 2.05) is 0 Å². The smallest absolute Gasteiger partial charge is 0.0404 e. The van der Waals surface area contributed by atoms with Gasteiger partial charge in [-0.3, -0.25) is 0 Å². The van der Waals surface area contributed by atoms with Crippen LogP contribution in [0.15, 0.2) is 18.2 Å². The van der Waals surface area contributed by atoms with Gasteiger partial charge in [0.05, 0.1) is 0 Å². The molecule has 0 saturated heterocycles. The SMILES string of the molecule is CCc1cccc(C)c1NC1CCCCC1C. The van der Waals surface area contributed by atoms with Gasteiger partial charge in [-0.05, 0) is 43.2 Å². The summed E-state index contributed by atoms with van der Waals surface area (Å²) in [6.07, 6.45) is 6.62. The maximum atomic E-state index is 3.82. The zero-order valence-corrected chi connectivity index (χ0v) is 11.4. The third-order valence-electron chi connectivity index (χ3n) is 4.18. The molecule has 1 aromatic rings. The van der Waals surface area contributed by atoms with Crippen molar-refractivity contribution in [1.82, 2.24) is 0 Å². The van der Waals surface area contributed by atoms with E-state index in [2.05, 4.69) is 44.3 Å². The number of para-hydroxylation sites is 1. The number of nitrogens with one attached hydrogen (secondary N) is 1. The van der Waals surface area contributed by atoms with Crippen molar-refractivity contribution in [2.45, 2.75) is 58.9 Å². The molecule has 0 spiro atoms. The normalized spacial score (nSPS) is 24.6. The van der Waals surface area contributed by atoms with Crippen molar-refractivity contribution in [1.29, 1.82) is 0 Å². The lowest BCUT2D eigenvalue weighted by Gasteiger charge is -2.31. The number of hydrogen-bond acceptors (Lipinski definition) is 1. The number of benzene rings is 1. The summed E-state index contributed by atoms with van der Waals surface area (Å²) in [6.45, 7) is 6.85. The van der Waals surface area contributed by atoms with Crippen molar-refractivity contribution < 1.29 is 0 Å². The zero-order valence-electron chi connectivity index (χ0n) is 11.4. The van der Waals surface area contributed by atoms with Crippen LogP contribution >= 0.6 is 0 Å². The van der Waals surface area contributed by atoms with E-state index in [9.17, 15) is 0 Å². The van der Waals surface area contributed by atoms with Gasteiger partial charge in [0.25, 0.3) is 0 Å². The van der Waals surface area contributed by atoms with E-state index in [1.54, 1.807) is 0 Å². The lowest BCUT2D eigenvalue weighted by molar-refractivity contribution is 0.349. The fraction of sp³-hybridized carbons (Fsp3) is 0.625. The van der Waals surface area contributed by atoms with Gasteiger partial charge in [0, 0.05) is 11.7 Å². The summed E-state index contributed by atoms with van der Waals surface area (Å²) in [4.78, 5) is 0. The van der Waals surface area contributed by atoms with Crippen LogP contribution in [0.4, 0.5) is 5.69 Å². The second-order valence-electron chi connectivity index (χ2n) is 5.48. The lowest BCUT2D eigenvalue weighted by Crippen LogP contribution is -2.31. The molecule has 94 valence electrons. The van der Waals surface area contributed by atoms with Crippen LogP contribution in [-0.2, 0) is 6.42 Å². The molecule has 0 heterocycles. The van der Waals surface area contributed by atoms with Crippen molar-refractivity contribution in [3.63, 3.8) is 0 Å². The number of hydrogen-bond donors (Lipinski definition) is 1. The summed E-state index contributed by atoms with van der Waals surface area (Å²) >= 11 is 0. The predicted octanol–water partition coefficient (Wildman–Crippen LogP) is 4.55. The molecule has 0 bridgehead atoms. The van der Waals surface area contributed by atoms with Crippen molar-refractivity contribution >= 4 is 5.69 Å². The third kappa shape index (κ3) is 2.83. The van der Waals surface area contributed by atoms with E-state index in [1.165, 1.54) is 42.5 Å². The second kappa shape index (κ2) is 5.57. The van der Waals surface area contributed by atoms with E-state index >= 15 is 0 Å². The van der Waals surface area contributed by atoms with E-state index in [4.69, 9.17) is 0 Å². The van der Waals surface area contributed by atoms with Gasteiger partial charge in [0.1, 0.15) is 0 Å². The van der Waals surface area contributed by atoms with Gasteiger partial charge in [0.15, 0.2) is 0 Å². The molecule has 1 N–H and O–H groups in total. The lowest BCUT2D eigenvalue weighted by atomic mass is 9.85. The molecule has 0 amide bonds. The van der Waals surface area contributed by atoms with Gasteiger partial charge in [0.2, 0.25) is 0 Å². The van der Waals surface area contributed by atoms with Crippen molar-refractivity contribution in [2.75, 3.05) is 5.32 Å². The molecular weight excluding hydrogens is 206 g/mol. The van der Waals surface area contributed by atoms with Crippen LogP contribution in [0.5, 0.6) is 0 Å². The van der Waals surface area contributed by atoms with E-state index in [-0.39, 0.29) is 0 Å². The Morgan fingerprint density at radius 2 is 2.00 bits per heavy atom. The van der Waals surface area contributed by atoms with Crippen molar-refractivity contribution in [3.05, 3.63) is 29.3 Å². The van der Waals surface area contributed by atoms with E-state index in [0.29, 0.717) is 6.04 Å². The molecule has 1 saturated carbocycles. The van der Waals surface area contributed by atoms with Gasteiger partial charge >= 0.3 is 0 Å². The largest absolute Gasteiger partial charge is 0.382 e. The Labute approximate surface area is 106 Å². The van der Waals surface area contributed by atoms with Gasteiger partial charge in [-0.2, -0.15) is 0 Å². The van der Waals surface area contributed by atoms with Crippen LogP contribution in [0, 0.1) is 12.8 Å². The molecule has 1 aliphatic rings. The molecule has 17 heavy (non-hydrogen) atoms. The average Bonchev–Trinajstić information content (AvgIpc) is 2.34. The molecule has 2 unspecified atom stereocenters. The molecule has 1 heteroatoms. The summed E-state index contributed by atoms with van der Waals surface area (Å²) in [7, 11) is 0. The molecule has 1 aromatic carbocycles. The monoisotopic (exact) mass is 231 g/mol. The summed E-state index contributed by atoms with van der Waals surface area (Å²) in [5.41, 5.74) is 4.25. The summed E-state index contributed by atoms with van der Waals surface area (Å²) in [5.74, 6) is 0.813. The van der Waals surface area contributed by atoms with Crippen LogP contribution in [0.2, 0.25) is 0 Å². The van der Waals surface area contributed by atoms with Crippen LogP contribution in [-0.4, -0.2) is 6.04 Å². The van der Waals surface area contributed by atoms with Crippen molar-refractivity contribution in [2.24, 2.45) is 5.92 Å². The summed E-state index contributed by atoms with van der Waals surface area (Å²) in [6, 6.07) is 7.32. The maximum Gasteiger partial charge on any atom is 0.0404 e. The Morgan fingerprint density at radius 1 is 1.24 bits per heavy atom. The molecule has 1 aliphatic carbocycles. The highest BCUT2D eigenvalue weighted by atomic mass is 14.9. The predicted molar refractivity (Wildman–Crippen MR) is 75.6 cm³/mol. The number of anilines is 1. The Balaban J connectivity index is 2.16. The molecule has 0 aliphatic heterocycles. The number of rotatable bonds is 3. The Morgan fingerprint density at radius 3 is 2.71 bits per heavy atom. The van der Waals surface area contributed by atoms with Gasteiger partial charge in [-0.1, -0.05) is 44.9 Å². The minimum atomic E-state index is 0.676. The van der Waals surface area contributed by atoms with Crippen LogP contribution in [0.1, 0.15) is 50.7 Å².